The molecule has 0 bridgehead atoms. The van der Waals surface area contributed by atoms with Crippen molar-refractivity contribution in [3.8, 4) is 11.1 Å². The van der Waals surface area contributed by atoms with E-state index in [-0.39, 0.29) is 31.0 Å². The molecule has 1 atom stereocenters. The Kier molecular flexibility index (Phi) is 7.94. The van der Waals surface area contributed by atoms with Crippen LogP contribution in [0.3, 0.4) is 0 Å². The molecule has 2 nitrogen and oxygen atoms in total. The molecule has 116 valence electrons. The van der Waals surface area contributed by atoms with E-state index in [2.05, 4.69) is 49.2 Å². The Morgan fingerprint density at radius 3 is 2.38 bits per heavy atom. The molecule has 0 fully saturated rings. The molecule has 1 aliphatic rings. The van der Waals surface area contributed by atoms with Crippen LogP contribution in [-0.2, 0) is 6.42 Å². The summed E-state index contributed by atoms with van der Waals surface area (Å²) in [6.07, 6.45) is 5.71. The zero-order chi connectivity index (χ0) is 12.5. The van der Waals surface area contributed by atoms with Crippen molar-refractivity contribution in [2.45, 2.75) is 39.0 Å². The number of hydrogen-bond acceptors (Lipinski definition) is 2. The molecule has 4 heteroatoms. The molecule has 3 N–H and O–H groups in total. The Bertz CT molecular complexity index is 568. The van der Waals surface area contributed by atoms with Crippen LogP contribution in [0.5, 0.6) is 0 Å². The molecule has 1 heterocycles. The molecule has 1 aliphatic carbocycles. The monoisotopic (exact) mass is 326 g/mol. The van der Waals surface area contributed by atoms with Crippen LogP contribution in [0, 0.1) is 6.92 Å². The lowest BCUT2D eigenvalue weighted by molar-refractivity contribution is 0.574. The van der Waals surface area contributed by atoms with Gasteiger partial charge in [0.25, 0.3) is 0 Å². The van der Waals surface area contributed by atoms with E-state index in [1.54, 1.807) is 0 Å². The van der Waals surface area contributed by atoms with E-state index in [1.165, 1.54) is 47.2 Å². The normalized spacial score (nSPS) is 15.8. The molecule has 0 amide bonds. The predicted octanol–water partition coefficient (Wildman–Crippen LogP) is 5.50. The molecule has 3 rings (SSSR count). The molecule has 0 saturated heterocycles. The molecule has 1 aromatic heterocycles. The van der Waals surface area contributed by atoms with Crippen molar-refractivity contribution in [2.75, 3.05) is 0 Å². The first kappa shape index (κ1) is 19.9. The Morgan fingerprint density at radius 2 is 1.71 bits per heavy atom. The number of aryl methyl sites for hydroxylation is 1. The van der Waals surface area contributed by atoms with Crippen LogP contribution >= 0.6 is 24.8 Å². The van der Waals surface area contributed by atoms with Gasteiger partial charge < -0.3 is 6.15 Å². The smallest absolute Gasteiger partial charge is 0.0469 e. The fraction of sp³-hybridized carbons (Fsp3) is 0.353. The second kappa shape index (κ2) is 8.38. The lowest BCUT2D eigenvalue weighted by Gasteiger charge is -2.23. The topological polar surface area (TPSA) is 47.9 Å². The van der Waals surface area contributed by atoms with Gasteiger partial charge in [-0.05, 0) is 54.9 Å². The van der Waals surface area contributed by atoms with Gasteiger partial charge in [-0.3, -0.25) is 4.98 Å². The van der Waals surface area contributed by atoms with Crippen LogP contribution in [0.2, 0.25) is 0 Å². The van der Waals surface area contributed by atoms with Gasteiger partial charge in [-0.2, -0.15) is 0 Å². The minimum atomic E-state index is 0. The van der Waals surface area contributed by atoms with Crippen LogP contribution in [0.4, 0.5) is 0 Å². The molecule has 1 unspecified atom stereocenters. The highest BCUT2D eigenvalue weighted by Crippen LogP contribution is 2.35. The first-order valence-electron chi connectivity index (χ1n) is 6.80. The standard InChI is InChI=1S/C17H19N.2ClH.H3N/c1-12-6-8-14(9-7-12)15-10-11-18-17-13(2)4-3-5-16(15)17;;;/h6-11,13H,3-5H2,1-2H3;2*1H;1H3. The minimum absolute atomic E-state index is 0. The summed E-state index contributed by atoms with van der Waals surface area (Å²) in [5, 5.41) is 0. The maximum Gasteiger partial charge on any atom is 0.0469 e. The van der Waals surface area contributed by atoms with Gasteiger partial charge in [-0.25, -0.2) is 0 Å². The van der Waals surface area contributed by atoms with Crippen LogP contribution in [0.15, 0.2) is 36.5 Å². The third-order valence-corrected chi connectivity index (χ3v) is 3.98. The molecule has 1 aromatic carbocycles. The van der Waals surface area contributed by atoms with Crippen LogP contribution in [-0.4, -0.2) is 4.98 Å². The fourth-order valence-corrected chi connectivity index (χ4v) is 2.92. The summed E-state index contributed by atoms with van der Waals surface area (Å²) < 4.78 is 0. The zero-order valence-electron chi connectivity index (χ0n) is 12.6. The fourth-order valence-electron chi connectivity index (χ4n) is 2.92. The third kappa shape index (κ3) is 3.97. The highest BCUT2D eigenvalue weighted by molar-refractivity contribution is 5.85. The Hall–Kier alpha value is -1.09. The molecular weight excluding hydrogens is 303 g/mol. The van der Waals surface area contributed by atoms with E-state index < -0.39 is 0 Å². The number of fused-ring (bicyclic) bond motifs is 1. The lowest BCUT2D eigenvalue weighted by Crippen LogP contribution is -2.10. The summed E-state index contributed by atoms with van der Waals surface area (Å²) in [6.45, 7) is 4.43. The average Bonchev–Trinajstić information content (AvgIpc) is 2.40. The number of hydrogen-bond donors (Lipinski definition) is 1. The number of pyridine rings is 1. The minimum Gasteiger partial charge on any atom is -0.344 e. The van der Waals surface area contributed by atoms with Gasteiger partial charge in [0, 0.05) is 11.9 Å². The molecule has 0 aliphatic heterocycles. The second-order valence-corrected chi connectivity index (χ2v) is 5.38. The predicted molar refractivity (Wildman–Crippen MR) is 95.3 cm³/mol. The zero-order valence-corrected chi connectivity index (χ0v) is 14.3. The van der Waals surface area contributed by atoms with Crippen molar-refractivity contribution in [3.63, 3.8) is 0 Å². The molecule has 0 radical (unpaired) electrons. The highest BCUT2D eigenvalue weighted by Gasteiger charge is 2.20. The van der Waals surface area contributed by atoms with E-state index in [1.807, 2.05) is 6.20 Å². The Labute approximate surface area is 139 Å². The van der Waals surface area contributed by atoms with Gasteiger partial charge in [0.1, 0.15) is 0 Å². The van der Waals surface area contributed by atoms with Gasteiger partial charge in [0.15, 0.2) is 0 Å². The Balaban J connectivity index is 0.00000133. The third-order valence-electron chi connectivity index (χ3n) is 3.98. The molecule has 0 spiro atoms. The SMILES string of the molecule is Cc1ccc(-c2ccnc3c2CCCC3C)cc1.Cl.Cl.N. The van der Waals surface area contributed by atoms with Gasteiger partial charge in [0.05, 0.1) is 0 Å². The van der Waals surface area contributed by atoms with Crippen molar-refractivity contribution in [1.82, 2.24) is 11.1 Å². The number of nitrogens with zero attached hydrogens (tertiary/aromatic N) is 1. The average molecular weight is 327 g/mol. The molecule has 0 saturated carbocycles. The van der Waals surface area contributed by atoms with Gasteiger partial charge in [-0.1, -0.05) is 36.8 Å². The lowest BCUT2D eigenvalue weighted by atomic mass is 9.84. The molecule has 21 heavy (non-hydrogen) atoms. The van der Waals surface area contributed by atoms with Crippen molar-refractivity contribution in [2.24, 2.45) is 0 Å². The van der Waals surface area contributed by atoms with E-state index in [0.717, 1.165) is 0 Å². The van der Waals surface area contributed by atoms with Crippen molar-refractivity contribution in [3.05, 3.63) is 53.3 Å². The summed E-state index contributed by atoms with van der Waals surface area (Å²) in [7, 11) is 0. The second-order valence-electron chi connectivity index (χ2n) is 5.38. The summed E-state index contributed by atoms with van der Waals surface area (Å²) in [5.74, 6) is 0.610. The largest absolute Gasteiger partial charge is 0.344 e. The number of halogens is 2. The van der Waals surface area contributed by atoms with Crippen LogP contribution < -0.4 is 6.15 Å². The quantitative estimate of drug-likeness (QED) is 0.751. The molecular formula is C17H24Cl2N2. The van der Waals surface area contributed by atoms with Crippen LogP contribution in [0.25, 0.3) is 11.1 Å². The summed E-state index contributed by atoms with van der Waals surface area (Å²) in [6, 6.07) is 11.0. The van der Waals surface area contributed by atoms with E-state index in [9.17, 15) is 0 Å². The van der Waals surface area contributed by atoms with Crippen molar-refractivity contribution >= 4 is 24.8 Å². The first-order chi connectivity index (χ1) is 8.75. The van der Waals surface area contributed by atoms with Gasteiger partial charge >= 0.3 is 0 Å². The summed E-state index contributed by atoms with van der Waals surface area (Å²) >= 11 is 0. The maximum absolute atomic E-state index is 4.60. The summed E-state index contributed by atoms with van der Waals surface area (Å²) in [4.78, 5) is 4.60. The molecule has 2 aromatic rings. The van der Waals surface area contributed by atoms with Crippen LogP contribution in [0.1, 0.15) is 42.5 Å². The Morgan fingerprint density at radius 1 is 1.05 bits per heavy atom. The van der Waals surface area contributed by atoms with Gasteiger partial charge in [0.2, 0.25) is 0 Å². The van der Waals surface area contributed by atoms with Gasteiger partial charge in [-0.15, -0.1) is 24.8 Å². The summed E-state index contributed by atoms with van der Waals surface area (Å²) in [5.41, 5.74) is 6.81. The first-order valence-corrected chi connectivity index (χ1v) is 6.80. The maximum atomic E-state index is 4.60. The van der Waals surface area contributed by atoms with E-state index >= 15 is 0 Å². The van der Waals surface area contributed by atoms with E-state index in [0.29, 0.717) is 5.92 Å². The highest BCUT2D eigenvalue weighted by atomic mass is 35.5. The number of aromatic nitrogens is 1. The number of rotatable bonds is 1. The van der Waals surface area contributed by atoms with Crippen molar-refractivity contribution in [1.29, 1.82) is 0 Å². The van der Waals surface area contributed by atoms with E-state index in [4.69, 9.17) is 0 Å². The van der Waals surface area contributed by atoms with Crippen molar-refractivity contribution < 1.29 is 0 Å². The number of benzene rings is 1.